The molecule has 0 spiro atoms. The molecule has 1 atom stereocenters. The minimum Gasteiger partial charge on any atom is -0.491 e. The molecule has 32 heavy (non-hydrogen) atoms. The van der Waals surface area contributed by atoms with Gasteiger partial charge in [0.25, 0.3) is 0 Å². The van der Waals surface area contributed by atoms with Crippen molar-refractivity contribution in [3.63, 3.8) is 0 Å². The molecule has 3 aromatic rings. The number of likely N-dealkylation sites (tertiary alicyclic amines) is 1. The Labute approximate surface area is 194 Å². The van der Waals surface area contributed by atoms with Crippen LogP contribution in [0.1, 0.15) is 31.2 Å². The van der Waals surface area contributed by atoms with E-state index in [1.54, 1.807) is 24.3 Å². The molecule has 1 aliphatic heterocycles. The Bertz CT molecular complexity index is 1080. The number of rotatable bonds is 7. The van der Waals surface area contributed by atoms with Crippen molar-refractivity contribution in [2.24, 2.45) is 0 Å². The summed E-state index contributed by atoms with van der Waals surface area (Å²) in [5, 5.41) is 10.8. The summed E-state index contributed by atoms with van der Waals surface area (Å²) in [5.41, 5.74) is 1.22. The zero-order valence-electron chi connectivity index (χ0n) is 18.3. The van der Waals surface area contributed by atoms with Crippen molar-refractivity contribution in [3.05, 3.63) is 64.5 Å². The second-order valence-electron chi connectivity index (χ2n) is 8.19. The fraction of sp³-hybridized carbons (Fsp3) is 0.400. The van der Waals surface area contributed by atoms with Crippen LogP contribution in [0.15, 0.2) is 57.9 Å². The maximum Gasteiger partial charge on any atom is 0.235 e. The molecule has 4 rings (SSSR count). The molecule has 1 aromatic heterocycles. The van der Waals surface area contributed by atoms with Crippen LogP contribution in [0.4, 0.5) is 0 Å². The van der Waals surface area contributed by atoms with Gasteiger partial charge in [0.2, 0.25) is 11.2 Å². The van der Waals surface area contributed by atoms with Crippen LogP contribution in [0.3, 0.4) is 0 Å². The Morgan fingerprint density at radius 2 is 1.84 bits per heavy atom. The highest BCUT2D eigenvalue weighted by atomic mass is 35.5. The lowest BCUT2D eigenvalue weighted by Crippen LogP contribution is -2.36. The summed E-state index contributed by atoms with van der Waals surface area (Å²) in [6.45, 7) is 4.83. The summed E-state index contributed by atoms with van der Waals surface area (Å²) in [7, 11) is 0. The Hall–Kier alpha value is -2.54. The number of halogens is 1. The van der Waals surface area contributed by atoms with E-state index in [0.717, 1.165) is 18.7 Å². The highest BCUT2D eigenvalue weighted by Crippen LogP contribution is 2.24. The minimum absolute atomic E-state index is 0. The number of ether oxygens (including phenoxy) is 2. The average Bonchev–Trinajstić information content (AvgIpc) is 3.03. The molecule has 1 unspecified atom stereocenters. The largest absolute Gasteiger partial charge is 0.491 e. The number of benzene rings is 2. The molecule has 1 saturated heterocycles. The van der Waals surface area contributed by atoms with Gasteiger partial charge in [-0.3, -0.25) is 4.79 Å². The maximum absolute atomic E-state index is 12.8. The molecule has 0 bridgehead atoms. The molecule has 0 saturated carbocycles. The molecule has 1 fully saturated rings. The number of β-amino-alcohol motifs (C(OH)–C–C–N with tert-alkyl or cyclic N) is 1. The van der Waals surface area contributed by atoms with Crippen LogP contribution in [0.2, 0.25) is 0 Å². The van der Waals surface area contributed by atoms with Gasteiger partial charge in [0.1, 0.15) is 36.1 Å². The first kappa shape index (κ1) is 24.1. The lowest BCUT2D eigenvalue weighted by molar-refractivity contribution is 0.0694. The number of hydrogen-bond acceptors (Lipinski definition) is 6. The molecular formula is C25H30ClNO5. The van der Waals surface area contributed by atoms with Crippen LogP contribution < -0.4 is 14.9 Å². The van der Waals surface area contributed by atoms with Gasteiger partial charge in [-0.2, -0.15) is 0 Å². The SMILES string of the molecule is Cc1cccc(Oc2coc3cc(OCC(O)CN4CCCCCC4)ccc3c2=O)c1.Cl. The summed E-state index contributed by atoms with van der Waals surface area (Å²) >= 11 is 0. The Kier molecular flexibility index (Phi) is 8.56. The first-order valence-corrected chi connectivity index (χ1v) is 10.9. The van der Waals surface area contributed by atoms with Crippen LogP contribution in [-0.2, 0) is 0 Å². The number of nitrogens with zero attached hydrogens (tertiary/aromatic N) is 1. The maximum atomic E-state index is 12.8. The predicted molar refractivity (Wildman–Crippen MR) is 127 cm³/mol. The molecule has 2 heterocycles. The Morgan fingerprint density at radius 3 is 2.59 bits per heavy atom. The van der Waals surface area contributed by atoms with Crippen molar-refractivity contribution in [1.29, 1.82) is 0 Å². The molecule has 0 radical (unpaired) electrons. The molecule has 0 aliphatic carbocycles. The van der Waals surface area contributed by atoms with E-state index in [0.29, 0.717) is 29.0 Å². The minimum atomic E-state index is -0.564. The average molecular weight is 460 g/mol. The molecule has 7 heteroatoms. The Balaban J connectivity index is 0.00000289. The first-order chi connectivity index (χ1) is 15.1. The summed E-state index contributed by atoms with van der Waals surface area (Å²) in [6, 6.07) is 12.5. The summed E-state index contributed by atoms with van der Waals surface area (Å²) in [4.78, 5) is 15.1. The number of hydrogen-bond donors (Lipinski definition) is 1. The third kappa shape index (κ3) is 6.25. The summed E-state index contributed by atoms with van der Waals surface area (Å²) in [6.07, 6.45) is 5.67. The monoisotopic (exact) mass is 459 g/mol. The van der Waals surface area contributed by atoms with Crippen LogP contribution >= 0.6 is 12.4 Å². The highest BCUT2D eigenvalue weighted by Gasteiger charge is 2.15. The van der Waals surface area contributed by atoms with Gasteiger partial charge in [0.05, 0.1) is 5.39 Å². The van der Waals surface area contributed by atoms with E-state index in [9.17, 15) is 9.90 Å². The van der Waals surface area contributed by atoms with Crippen molar-refractivity contribution in [1.82, 2.24) is 4.90 Å². The topological polar surface area (TPSA) is 72.1 Å². The smallest absolute Gasteiger partial charge is 0.235 e. The standard InChI is InChI=1S/C25H29NO5.ClH/c1-18-7-6-8-21(13-18)31-24-17-30-23-14-20(9-10-22(23)25(24)28)29-16-19(27)15-26-11-4-2-3-5-12-26;/h6-10,13-14,17,19,27H,2-5,11-12,15-16H2,1H3;1H. The zero-order valence-corrected chi connectivity index (χ0v) is 19.1. The van der Waals surface area contributed by atoms with E-state index in [4.69, 9.17) is 13.9 Å². The first-order valence-electron chi connectivity index (χ1n) is 10.9. The van der Waals surface area contributed by atoms with Gasteiger partial charge in [0, 0.05) is 12.6 Å². The van der Waals surface area contributed by atoms with Gasteiger partial charge in [-0.25, -0.2) is 0 Å². The van der Waals surface area contributed by atoms with Crippen molar-refractivity contribution in [3.8, 4) is 17.2 Å². The highest BCUT2D eigenvalue weighted by molar-refractivity contribution is 5.85. The van der Waals surface area contributed by atoms with Crippen LogP contribution in [0, 0.1) is 6.92 Å². The van der Waals surface area contributed by atoms with Crippen LogP contribution in [-0.4, -0.2) is 42.4 Å². The molecule has 2 aromatic carbocycles. The van der Waals surface area contributed by atoms with Crippen molar-refractivity contribution >= 4 is 23.4 Å². The van der Waals surface area contributed by atoms with Crippen molar-refractivity contribution in [2.45, 2.75) is 38.7 Å². The van der Waals surface area contributed by atoms with Gasteiger partial charge < -0.3 is 23.9 Å². The van der Waals surface area contributed by atoms with E-state index in [-0.39, 0.29) is 30.2 Å². The quantitative estimate of drug-likeness (QED) is 0.540. The van der Waals surface area contributed by atoms with Gasteiger partial charge in [-0.1, -0.05) is 25.0 Å². The van der Waals surface area contributed by atoms with Crippen molar-refractivity contribution in [2.75, 3.05) is 26.2 Å². The fourth-order valence-electron chi connectivity index (χ4n) is 3.92. The molecular weight excluding hydrogens is 430 g/mol. The normalized spacial score (nSPS) is 15.6. The third-order valence-corrected chi connectivity index (χ3v) is 5.54. The van der Waals surface area contributed by atoms with E-state index in [1.165, 1.54) is 31.9 Å². The number of aliphatic hydroxyl groups excluding tert-OH is 1. The van der Waals surface area contributed by atoms with Gasteiger partial charge >= 0.3 is 0 Å². The zero-order chi connectivity index (χ0) is 21.6. The molecule has 6 nitrogen and oxygen atoms in total. The lowest BCUT2D eigenvalue weighted by atomic mass is 10.2. The van der Waals surface area contributed by atoms with E-state index in [1.807, 2.05) is 25.1 Å². The second kappa shape index (κ2) is 11.4. The van der Waals surface area contributed by atoms with E-state index in [2.05, 4.69) is 4.90 Å². The van der Waals surface area contributed by atoms with Gasteiger partial charge in [0.15, 0.2) is 0 Å². The van der Waals surface area contributed by atoms with Crippen LogP contribution in [0.5, 0.6) is 17.2 Å². The number of fused-ring (bicyclic) bond motifs is 1. The molecule has 1 N–H and O–H groups in total. The Morgan fingerprint density at radius 1 is 1.06 bits per heavy atom. The third-order valence-electron chi connectivity index (χ3n) is 5.54. The molecule has 172 valence electrons. The van der Waals surface area contributed by atoms with E-state index < -0.39 is 6.10 Å². The van der Waals surface area contributed by atoms with Crippen molar-refractivity contribution < 1.29 is 19.0 Å². The molecule has 0 amide bonds. The summed E-state index contributed by atoms with van der Waals surface area (Å²) < 4.78 is 17.1. The number of aryl methyl sites for hydroxylation is 1. The fourth-order valence-corrected chi connectivity index (χ4v) is 3.92. The number of aliphatic hydroxyl groups is 1. The van der Waals surface area contributed by atoms with Crippen LogP contribution in [0.25, 0.3) is 11.0 Å². The summed E-state index contributed by atoms with van der Waals surface area (Å²) in [5.74, 6) is 1.28. The van der Waals surface area contributed by atoms with E-state index >= 15 is 0 Å². The predicted octanol–water partition coefficient (Wildman–Crippen LogP) is 4.93. The second-order valence-corrected chi connectivity index (χ2v) is 8.19. The lowest BCUT2D eigenvalue weighted by Gasteiger charge is -2.23. The van der Waals surface area contributed by atoms with Gasteiger partial charge in [-0.05, 0) is 62.7 Å². The van der Waals surface area contributed by atoms with Gasteiger partial charge in [-0.15, -0.1) is 12.4 Å². The molecule has 1 aliphatic rings.